The molecule has 2 unspecified atom stereocenters. The fraction of sp³-hybridized carbons (Fsp3) is 0.919. The van der Waals surface area contributed by atoms with Crippen molar-refractivity contribution in [1.82, 2.24) is 5.32 Å². The average Bonchev–Trinajstić information content (AvgIpc) is 3.32. The van der Waals surface area contributed by atoms with Crippen molar-refractivity contribution in [2.75, 3.05) is 6.61 Å². The van der Waals surface area contributed by atoms with E-state index in [-0.39, 0.29) is 12.5 Å². The molecule has 2 atom stereocenters. The molecule has 0 aromatic heterocycles. The summed E-state index contributed by atoms with van der Waals surface area (Å²) in [5.74, 6) is -0.0576. The maximum Gasteiger partial charge on any atom is 0.220 e. The van der Waals surface area contributed by atoms with Gasteiger partial charge in [0.25, 0.3) is 0 Å². The normalized spacial score (nSPS) is 12.8. The number of carbonyl (C=O) groups excluding carboxylic acids is 1. The summed E-state index contributed by atoms with van der Waals surface area (Å²) >= 11 is 0. The molecule has 0 aromatic rings. The molecule has 0 fully saturated rings. The van der Waals surface area contributed by atoms with Crippen LogP contribution in [0.15, 0.2) is 24.3 Å². The number of hydrogen-bond donors (Lipinski definition) is 3. The molecule has 4 nitrogen and oxygen atoms in total. The van der Waals surface area contributed by atoms with E-state index in [0.717, 1.165) is 25.7 Å². The van der Waals surface area contributed by atoms with E-state index in [4.69, 9.17) is 0 Å². The van der Waals surface area contributed by atoms with Crippen LogP contribution < -0.4 is 5.32 Å². The largest absolute Gasteiger partial charge is 0.394 e. The Morgan fingerprint density at radius 1 is 0.348 bits per heavy atom. The van der Waals surface area contributed by atoms with E-state index in [1.807, 2.05) is 6.08 Å². The molecule has 0 bridgehead atoms. The summed E-state index contributed by atoms with van der Waals surface area (Å²) in [6, 6.07) is -0.621. The van der Waals surface area contributed by atoms with Crippen molar-refractivity contribution in [3.8, 4) is 0 Å². The Balaban J connectivity index is 3.45. The molecule has 0 aromatic carbocycles. The first-order valence-corrected chi connectivity index (χ1v) is 30.6. The van der Waals surface area contributed by atoms with Gasteiger partial charge in [0.05, 0.1) is 18.8 Å². The van der Waals surface area contributed by atoms with Crippen LogP contribution in [-0.2, 0) is 4.79 Å². The molecule has 4 heteroatoms. The van der Waals surface area contributed by atoms with E-state index in [2.05, 4.69) is 31.3 Å². The van der Waals surface area contributed by atoms with E-state index < -0.39 is 12.1 Å². The van der Waals surface area contributed by atoms with Crippen molar-refractivity contribution in [1.29, 1.82) is 0 Å². The standard InChI is InChI=1S/C62H121NO3/c1-3-5-7-9-11-13-15-17-19-21-23-25-27-29-30-31-32-34-36-38-40-42-44-46-48-50-52-54-56-58-62(66)63-60(59-64)61(65)57-55-53-51-49-47-45-43-41-39-37-35-33-28-26-24-22-20-18-16-14-12-10-8-6-4-2/h29-30,55,57,60-61,64-65H,3-28,31-54,56,58-59H2,1-2H3,(H,63,66)/b30-29-,57-55+. The van der Waals surface area contributed by atoms with Crippen LogP contribution in [0, 0.1) is 0 Å². The highest BCUT2D eigenvalue weighted by atomic mass is 16.3. The maximum absolute atomic E-state index is 12.5. The molecule has 0 aliphatic heterocycles. The van der Waals surface area contributed by atoms with E-state index in [1.54, 1.807) is 6.08 Å². The van der Waals surface area contributed by atoms with E-state index in [0.29, 0.717) is 6.42 Å². The highest BCUT2D eigenvalue weighted by Crippen LogP contribution is 2.18. The van der Waals surface area contributed by atoms with Crippen molar-refractivity contribution < 1.29 is 15.0 Å². The molecule has 0 radical (unpaired) electrons. The van der Waals surface area contributed by atoms with Gasteiger partial charge in [-0.25, -0.2) is 0 Å². The number of amides is 1. The van der Waals surface area contributed by atoms with Crippen LogP contribution in [0.2, 0.25) is 0 Å². The predicted octanol–water partition coefficient (Wildman–Crippen LogP) is 20.3. The molecule has 0 aliphatic rings. The minimum absolute atomic E-state index is 0.0576. The minimum atomic E-state index is -0.838. The lowest BCUT2D eigenvalue weighted by molar-refractivity contribution is -0.123. The number of aliphatic hydroxyl groups excluding tert-OH is 2. The first-order chi connectivity index (χ1) is 32.7. The smallest absolute Gasteiger partial charge is 0.220 e. The van der Waals surface area contributed by atoms with E-state index in [1.165, 1.54) is 302 Å². The van der Waals surface area contributed by atoms with Gasteiger partial charge in [0.15, 0.2) is 0 Å². The summed E-state index contributed by atoms with van der Waals surface area (Å²) in [4.78, 5) is 12.5. The Kier molecular flexibility index (Phi) is 57.2. The Morgan fingerprint density at radius 3 is 0.833 bits per heavy atom. The summed E-state index contributed by atoms with van der Waals surface area (Å²) in [6.45, 7) is 4.35. The van der Waals surface area contributed by atoms with Gasteiger partial charge in [0, 0.05) is 6.42 Å². The van der Waals surface area contributed by atoms with Crippen LogP contribution in [0.4, 0.5) is 0 Å². The van der Waals surface area contributed by atoms with Crippen LogP contribution in [0.3, 0.4) is 0 Å². The topological polar surface area (TPSA) is 69.6 Å². The third-order valence-corrected chi connectivity index (χ3v) is 14.4. The first kappa shape index (κ1) is 64.9. The van der Waals surface area contributed by atoms with Gasteiger partial charge >= 0.3 is 0 Å². The van der Waals surface area contributed by atoms with Crippen LogP contribution in [0.5, 0.6) is 0 Å². The van der Waals surface area contributed by atoms with E-state index >= 15 is 0 Å². The van der Waals surface area contributed by atoms with Gasteiger partial charge in [0.2, 0.25) is 5.91 Å². The number of hydrogen-bond acceptors (Lipinski definition) is 3. The summed E-state index contributed by atoms with van der Waals surface area (Å²) in [5.41, 5.74) is 0. The minimum Gasteiger partial charge on any atom is -0.394 e. The third kappa shape index (κ3) is 53.8. The lowest BCUT2D eigenvalue weighted by Crippen LogP contribution is -2.45. The molecule has 0 spiro atoms. The Hall–Kier alpha value is -1.13. The summed E-state index contributed by atoms with van der Waals surface area (Å²) in [7, 11) is 0. The second-order valence-corrected chi connectivity index (χ2v) is 21.1. The fourth-order valence-corrected chi connectivity index (χ4v) is 9.77. The zero-order valence-corrected chi connectivity index (χ0v) is 45.2. The number of allylic oxidation sites excluding steroid dienone is 3. The molecule has 66 heavy (non-hydrogen) atoms. The van der Waals surface area contributed by atoms with Crippen molar-refractivity contribution in [3.63, 3.8) is 0 Å². The van der Waals surface area contributed by atoms with Crippen molar-refractivity contribution >= 4 is 5.91 Å². The predicted molar refractivity (Wildman–Crippen MR) is 295 cm³/mol. The maximum atomic E-state index is 12.5. The Morgan fingerprint density at radius 2 is 0.576 bits per heavy atom. The number of nitrogens with one attached hydrogen (secondary N) is 1. The highest BCUT2D eigenvalue weighted by Gasteiger charge is 2.18. The van der Waals surface area contributed by atoms with Gasteiger partial charge < -0.3 is 15.5 Å². The number of carbonyl (C=O) groups is 1. The van der Waals surface area contributed by atoms with Gasteiger partial charge in [-0.05, 0) is 44.9 Å². The first-order valence-electron chi connectivity index (χ1n) is 30.6. The summed E-state index contributed by atoms with van der Waals surface area (Å²) in [6.07, 6.45) is 77.9. The summed E-state index contributed by atoms with van der Waals surface area (Å²) in [5, 5.41) is 23.2. The highest BCUT2D eigenvalue weighted by molar-refractivity contribution is 5.76. The lowest BCUT2D eigenvalue weighted by atomic mass is 10.0. The van der Waals surface area contributed by atoms with E-state index in [9.17, 15) is 15.0 Å². The quantitative estimate of drug-likeness (QED) is 0.0420. The molecule has 1 amide bonds. The van der Waals surface area contributed by atoms with Crippen LogP contribution in [-0.4, -0.2) is 34.9 Å². The fourth-order valence-electron chi connectivity index (χ4n) is 9.77. The molecule has 3 N–H and O–H groups in total. The monoisotopic (exact) mass is 928 g/mol. The molecular formula is C62H121NO3. The molecule has 0 aliphatic carbocycles. The van der Waals surface area contributed by atoms with Crippen molar-refractivity contribution in [2.24, 2.45) is 0 Å². The average molecular weight is 929 g/mol. The third-order valence-electron chi connectivity index (χ3n) is 14.4. The number of unbranched alkanes of at least 4 members (excludes halogenated alkanes) is 48. The molecule has 392 valence electrons. The van der Waals surface area contributed by atoms with Gasteiger partial charge in [-0.3, -0.25) is 4.79 Å². The Bertz CT molecular complexity index is 963. The second-order valence-electron chi connectivity index (χ2n) is 21.1. The number of rotatable bonds is 57. The summed E-state index contributed by atoms with van der Waals surface area (Å²) < 4.78 is 0. The van der Waals surface area contributed by atoms with Crippen LogP contribution in [0.1, 0.15) is 348 Å². The van der Waals surface area contributed by atoms with Gasteiger partial charge in [-0.2, -0.15) is 0 Å². The van der Waals surface area contributed by atoms with Gasteiger partial charge in [0.1, 0.15) is 0 Å². The zero-order chi connectivity index (χ0) is 47.7. The molecule has 0 heterocycles. The molecular weight excluding hydrogens is 807 g/mol. The number of aliphatic hydroxyl groups is 2. The van der Waals surface area contributed by atoms with Crippen molar-refractivity contribution in [3.05, 3.63) is 24.3 Å². The lowest BCUT2D eigenvalue weighted by Gasteiger charge is -2.20. The van der Waals surface area contributed by atoms with Gasteiger partial charge in [-0.15, -0.1) is 0 Å². The van der Waals surface area contributed by atoms with Crippen LogP contribution in [0.25, 0.3) is 0 Å². The second kappa shape index (κ2) is 58.2. The van der Waals surface area contributed by atoms with Gasteiger partial charge in [-0.1, -0.05) is 321 Å². The molecule has 0 saturated carbocycles. The zero-order valence-electron chi connectivity index (χ0n) is 45.2. The van der Waals surface area contributed by atoms with Crippen LogP contribution >= 0.6 is 0 Å². The molecule has 0 saturated heterocycles. The SMILES string of the molecule is CCCCCCCCCCCCCC/C=C\CCCCCCCCCCCCCCCC(=O)NC(CO)C(O)/C=C/CCCCCCCCCCCCCCCCCCCCCCCCC. The van der Waals surface area contributed by atoms with Crippen molar-refractivity contribution in [2.45, 2.75) is 360 Å². The molecule has 0 rings (SSSR count). The Labute approximate surface area is 415 Å².